The molecule has 6 heteroatoms. The molecule has 0 aromatic carbocycles. The number of rotatable bonds is 6. The van der Waals surface area contributed by atoms with Crippen LogP contribution in [-0.4, -0.2) is 20.0 Å². The van der Waals surface area contributed by atoms with Crippen LogP contribution in [0.15, 0.2) is 45.1 Å². The molecule has 20 heavy (non-hydrogen) atoms. The lowest BCUT2D eigenvalue weighted by atomic mass is 10.3. The molecule has 2 heterocycles. The zero-order valence-corrected chi connectivity index (χ0v) is 12.9. The van der Waals surface area contributed by atoms with Crippen molar-refractivity contribution in [3.05, 3.63) is 56.3 Å². The molecule has 2 aromatic rings. The van der Waals surface area contributed by atoms with E-state index in [1.54, 1.807) is 6.08 Å². The van der Waals surface area contributed by atoms with Crippen molar-refractivity contribution in [1.82, 2.24) is 0 Å². The van der Waals surface area contributed by atoms with Gasteiger partial charge >= 0.3 is 0 Å². The normalized spacial score (nSPS) is 12.4. The first-order valence-corrected chi connectivity index (χ1v) is 9.31. The Bertz CT molecular complexity index is 706. The van der Waals surface area contributed by atoms with Gasteiger partial charge in [0, 0.05) is 5.41 Å². The molecule has 0 saturated carbocycles. The Hall–Kier alpha value is -1.50. The summed E-state index contributed by atoms with van der Waals surface area (Å²) in [6.45, 7) is 0. The van der Waals surface area contributed by atoms with Crippen molar-refractivity contribution in [2.75, 3.05) is 5.75 Å². The highest BCUT2D eigenvalue weighted by Gasteiger charge is 2.11. The third-order valence-electron chi connectivity index (χ3n) is 2.36. The van der Waals surface area contributed by atoms with Gasteiger partial charge in [0.2, 0.25) is 0 Å². The average molecular weight is 324 g/mol. The number of ketones is 1. The molecule has 0 radical (unpaired) electrons. The second-order valence-electron chi connectivity index (χ2n) is 4.02. The maximum absolute atomic E-state index is 11.8. The first-order valence-electron chi connectivity index (χ1n) is 5.71. The minimum atomic E-state index is -3.52. The van der Waals surface area contributed by atoms with Gasteiger partial charge in [-0.1, -0.05) is 6.08 Å². The van der Waals surface area contributed by atoms with Gasteiger partial charge in [-0.3, -0.25) is 4.79 Å². The number of allylic oxidation sites excluding steroid dienone is 1. The van der Waals surface area contributed by atoms with E-state index >= 15 is 0 Å². The molecule has 3 nitrogen and oxygen atoms in total. The summed E-state index contributed by atoms with van der Waals surface area (Å²) in [6.07, 6.45) is 4.43. The number of hydrogen-bond acceptors (Lipinski definition) is 5. The summed E-state index contributed by atoms with van der Waals surface area (Å²) in [5.41, 5.74) is 1.72. The van der Waals surface area contributed by atoms with E-state index in [-0.39, 0.29) is 0 Å². The Morgan fingerprint density at radius 1 is 1.05 bits per heavy atom. The van der Waals surface area contributed by atoms with E-state index in [9.17, 15) is 13.2 Å². The fourth-order valence-electron chi connectivity index (χ4n) is 1.41. The maximum Gasteiger partial charge on any atom is 0.179 e. The summed E-state index contributed by atoms with van der Waals surface area (Å²) in [7, 11) is -3.52. The van der Waals surface area contributed by atoms with E-state index in [4.69, 9.17) is 0 Å². The van der Waals surface area contributed by atoms with E-state index in [0.717, 1.165) is 16.5 Å². The van der Waals surface area contributed by atoms with E-state index in [2.05, 4.69) is 0 Å². The van der Waals surface area contributed by atoms with E-state index in [0.29, 0.717) is 0 Å². The highest BCUT2D eigenvalue weighted by Crippen LogP contribution is 2.10. The topological polar surface area (TPSA) is 51.2 Å². The van der Waals surface area contributed by atoms with Crippen LogP contribution in [0.25, 0.3) is 12.2 Å². The van der Waals surface area contributed by atoms with Gasteiger partial charge in [-0.05, 0) is 56.9 Å². The van der Waals surface area contributed by atoms with Crippen molar-refractivity contribution in [2.24, 2.45) is 0 Å². The molecule has 0 saturated heterocycles. The van der Waals surface area contributed by atoms with Crippen LogP contribution < -0.4 is 0 Å². The molecule has 0 spiro atoms. The van der Waals surface area contributed by atoms with Crippen LogP contribution in [0.3, 0.4) is 0 Å². The van der Waals surface area contributed by atoms with Crippen molar-refractivity contribution in [3.8, 4) is 0 Å². The van der Waals surface area contributed by atoms with Crippen molar-refractivity contribution in [2.45, 2.75) is 0 Å². The number of thiophene rings is 2. The van der Waals surface area contributed by atoms with Gasteiger partial charge in [0.25, 0.3) is 0 Å². The fraction of sp³-hybridized carbons (Fsp3) is 0.0714. The predicted molar refractivity (Wildman–Crippen MR) is 85.5 cm³/mol. The molecule has 0 aliphatic heterocycles. The Morgan fingerprint density at radius 2 is 1.65 bits per heavy atom. The van der Waals surface area contributed by atoms with Gasteiger partial charge in [-0.15, -0.1) is 0 Å². The summed E-state index contributed by atoms with van der Waals surface area (Å²) >= 11 is 3.01. The third kappa shape index (κ3) is 4.88. The molecule has 2 aromatic heterocycles. The molecule has 0 atom stereocenters. The van der Waals surface area contributed by atoms with Crippen LogP contribution in [0, 0.1) is 0 Å². The zero-order valence-electron chi connectivity index (χ0n) is 10.4. The summed E-state index contributed by atoms with van der Waals surface area (Å²) in [5.74, 6) is -0.931. The van der Waals surface area contributed by atoms with E-state index in [1.807, 2.05) is 33.7 Å². The Balaban J connectivity index is 1.96. The molecule has 0 bridgehead atoms. The molecule has 104 valence electrons. The van der Waals surface area contributed by atoms with Gasteiger partial charge in [0.1, 0.15) is 5.75 Å². The Morgan fingerprint density at radius 3 is 2.20 bits per heavy atom. The molecule has 0 unspecified atom stereocenters. The standard InChI is InChI=1S/C14H12O3S3/c15-14(2-1-12-3-6-18-9-12)11-20(16,17)8-5-13-4-7-19-10-13/h1-10H,11H2/b2-1+,8-5-. The Labute approximate surface area is 125 Å². The van der Waals surface area contributed by atoms with Gasteiger partial charge in [-0.25, -0.2) is 8.42 Å². The van der Waals surface area contributed by atoms with Gasteiger partial charge in [0.15, 0.2) is 15.6 Å². The van der Waals surface area contributed by atoms with Crippen molar-refractivity contribution in [1.29, 1.82) is 0 Å². The van der Waals surface area contributed by atoms with Gasteiger partial charge in [-0.2, -0.15) is 22.7 Å². The SMILES string of the molecule is O=C(/C=C/c1ccsc1)CS(=O)(=O)/C=C\c1ccsc1. The molecule has 0 N–H and O–H groups in total. The Kier molecular flexibility index (Phi) is 5.05. The molecule has 0 aliphatic carbocycles. The van der Waals surface area contributed by atoms with Crippen molar-refractivity contribution < 1.29 is 13.2 Å². The highest BCUT2D eigenvalue weighted by atomic mass is 32.2. The van der Waals surface area contributed by atoms with Crippen LogP contribution in [0.5, 0.6) is 0 Å². The summed E-state index contributed by atoms with van der Waals surface area (Å²) in [5, 5.41) is 8.57. The predicted octanol–water partition coefficient (Wildman–Crippen LogP) is 3.48. The van der Waals surface area contributed by atoms with Crippen molar-refractivity contribution >= 4 is 50.4 Å². The minimum absolute atomic E-state index is 0.425. The first-order chi connectivity index (χ1) is 9.55. The second kappa shape index (κ2) is 6.78. The lowest BCUT2D eigenvalue weighted by Gasteiger charge is -1.94. The smallest absolute Gasteiger partial charge is 0.179 e. The molecule has 0 amide bonds. The summed E-state index contributed by atoms with van der Waals surface area (Å²) in [4.78, 5) is 11.6. The van der Waals surface area contributed by atoms with E-state index in [1.165, 1.54) is 34.8 Å². The molecular weight excluding hydrogens is 312 g/mol. The van der Waals surface area contributed by atoms with Crippen LogP contribution >= 0.6 is 22.7 Å². The number of carbonyl (C=O) groups is 1. The number of carbonyl (C=O) groups excluding carboxylic acids is 1. The monoisotopic (exact) mass is 324 g/mol. The lowest BCUT2D eigenvalue weighted by molar-refractivity contribution is -0.112. The zero-order chi connectivity index (χ0) is 14.4. The van der Waals surface area contributed by atoms with Gasteiger partial charge < -0.3 is 0 Å². The largest absolute Gasteiger partial charge is 0.294 e. The average Bonchev–Trinajstić information content (AvgIpc) is 3.07. The van der Waals surface area contributed by atoms with Crippen LogP contribution in [0.2, 0.25) is 0 Å². The summed E-state index contributed by atoms with van der Waals surface area (Å²) < 4.78 is 23.5. The number of sulfone groups is 1. The molecule has 0 fully saturated rings. The molecular formula is C14H12O3S3. The van der Waals surface area contributed by atoms with Crippen LogP contribution in [-0.2, 0) is 14.6 Å². The second-order valence-corrected chi connectivity index (χ2v) is 7.47. The quantitative estimate of drug-likeness (QED) is 0.764. The minimum Gasteiger partial charge on any atom is -0.294 e. The summed E-state index contributed by atoms with van der Waals surface area (Å²) in [6, 6.07) is 3.67. The van der Waals surface area contributed by atoms with Gasteiger partial charge in [0.05, 0.1) is 0 Å². The van der Waals surface area contributed by atoms with Crippen molar-refractivity contribution in [3.63, 3.8) is 0 Å². The highest BCUT2D eigenvalue weighted by molar-refractivity contribution is 7.95. The maximum atomic E-state index is 11.8. The lowest BCUT2D eigenvalue weighted by Crippen LogP contribution is -2.11. The van der Waals surface area contributed by atoms with Crippen LogP contribution in [0.4, 0.5) is 0 Å². The molecule has 2 rings (SSSR count). The van der Waals surface area contributed by atoms with Crippen LogP contribution in [0.1, 0.15) is 11.1 Å². The first kappa shape index (κ1) is 14.9. The third-order valence-corrected chi connectivity index (χ3v) is 5.00. The fourth-order valence-corrected chi connectivity index (χ4v) is 3.62. The number of hydrogen-bond donors (Lipinski definition) is 0. The molecule has 0 aliphatic rings. The van der Waals surface area contributed by atoms with E-state index < -0.39 is 21.4 Å².